The lowest BCUT2D eigenvalue weighted by Crippen LogP contribution is -2.31. The van der Waals surface area contributed by atoms with Gasteiger partial charge in [0.1, 0.15) is 5.82 Å². The first-order chi connectivity index (χ1) is 10.5. The molecule has 7 heteroatoms. The molecule has 0 fully saturated rings. The van der Waals surface area contributed by atoms with Crippen molar-refractivity contribution in [3.8, 4) is 5.69 Å². The number of anilines is 1. The van der Waals surface area contributed by atoms with E-state index >= 15 is 0 Å². The van der Waals surface area contributed by atoms with Crippen LogP contribution >= 0.6 is 0 Å². The predicted molar refractivity (Wildman–Crippen MR) is 81.6 cm³/mol. The Labute approximate surface area is 128 Å². The molecule has 0 aliphatic carbocycles. The largest absolute Gasteiger partial charge is 0.393 e. The molecule has 2 aromatic rings. The highest BCUT2D eigenvalue weighted by Crippen LogP contribution is 2.15. The van der Waals surface area contributed by atoms with Gasteiger partial charge in [-0.1, -0.05) is 6.07 Å². The monoisotopic (exact) mass is 306 g/mol. The maximum Gasteiger partial charge on any atom is 0.320 e. The smallest absolute Gasteiger partial charge is 0.320 e. The molecule has 0 aliphatic rings. The maximum atomic E-state index is 13.3. The highest BCUT2D eigenvalue weighted by atomic mass is 19.1. The van der Waals surface area contributed by atoms with E-state index in [0.717, 1.165) is 5.69 Å². The van der Waals surface area contributed by atoms with Crippen LogP contribution in [0.3, 0.4) is 0 Å². The van der Waals surface area contributed by atoms with Gasteiger partial charge in [0, 0.05) is 18.3 Å². The van der Waals surface area contributed by atoms with Crippen LogP contribution in [-0.4, -0.2) is 33.6 Å². The molecule has 0 saturated carbocycles. The van der Waals surface area contributed by atoms with Gasteiger partial charge < -0.3 is 10.4 Å². The molecule has 1 aromatic carbocycles. The molecule has 118 valence electrons. The number of benzene rings is 1. The summed E-state index contributed by atoms with van der Waals surface area (Å²) in [5, 5.41) is 18.6. The van der Waals surface area contributed by atoms with E-state index < -0.39 is 12.1 Å². The summed E-state index contributed by atoms with van der Waals surface area (Å²) in [6, 6.07) is 7.35. The van der Waals surface area contributed by atoms with E-state index in [1.807, 2.05) is 6.92 Å². The maximum absolute atomic E-state index is 13.3. The number of amides is 2. The Balaban J connectivity index is 2.02. The molecule has 0 bridgehead atoms. The van der Waals surface area contributed by atoms with Crippen molar-refractivity contribution in [1.82, 2.24) is 15.1 Å². The van der Waals surface area contributed by atoms with Crippen molar-refractivity contribution in [1.29, 1.82) is 0 Å². The fourth-order valence-corrected chi connectivity index (χ4v) is 1.96. The summed E-state index contributed by atoms with van der Waals surface area (Å²) >= 11 is 0. The number of nitrogens with zero attached hydrogens (tertiary/aromatic N) is 2. The van der Waals surface area contributed by atoms with Gasteiger partial charge in [0.15, 0.2) is 5.82 Å². The Morgan fingerprint density at radius 2 is 2.23 bits per heavy atom. The highest BCUT2D eigenvalue weighted by molar-refractivity contribution is 5.88. The van der Waals surface area contributed by atoms with Gasteiger partial charge in [-0.2, -0.15) is 0 Å². The minimum atomic E-state index is -0.463. The van der Waals surface area contributed by atoms with E-state index in [9.17, 15) is 9.18 Å². The molecular weight excluding hydrogens is 287 g/mol. The second kappa shape index (κ2) is 7.04. The Morgan fingerprint density at radius 3 is 2.91 bits per heavy atom. The zero-order valence-electron chi connectivity index (χ0n) is 12.5. The van der Waals surface area contributed by atoms with E-state index in [-0.39, 0.29) is 5.82 Å². The van der Waals surface area contributed by atoms with Gasteiger partial charge in [0.05, 0.1) is 11.8 Å². The van der Waals surface area contributed by atoms with Crippen LogP contribution in [0.4, 0.5) is 15.0 Å². The number of carbonyl (C=O) groups excluding carboxylic acids is 1. The number of carbonyl (C=O) groups is 1. The minimum Gasteiger partial charge on any atom is -0.393 e. The first-order valence-electron chi connectivity index (χ1n) is 7.01. The Kier molecular flexibility index (Phi) is 5.11. The van der Waals surface area contributed by atoms with E-state index in [1.165, 1.54) is 12.1 Å². The lowest BCUT2D eigenvalue weighted by Gasteiger charge is -2.07. The molecule has 0 spiro atoms. The molecule has 1 aromatic heterocycles. The minimum absolute atomic E-state index is 0.349. The van der Waals surface area contributed by atoms with Gasteiger partial charge >= 0.3 is 6.03 Å². The quantitative estimate of drug-likeness (QED) is 0.792. The van der Waals surface area contributed by atoms with Gasteiger partial charge in [-0.05, 0) is 38.5 Å². The summed E-state index contributed by atoms with van der Waals surface area (Å²) in [6.45, 7) is 3.84. The summed E-state index contributed by atoms with van der Waals surface area (Å²) in [4.78, 5) is 11.7. The number of urea groups is 1. The molecule has 2 rings (SSSR count). The van der Waals surface area contributed by atoms with Crippen LogP contribution in [0.1, 0.15) is 19.0 Å². The number of aryl methyl sites for hydroxylation is 1. The normalized spacial score (nSPS) is 12.0. The second-order valence-corrected chi connectivity index (χ2v) is 5.08. The first kappa shape index (κ1) is 16.0. The standard InChI is InChI=1S/C15H19FN4O2/c1-10-8-14(18-15(22)17-7-6-11(2)21)19-20(10)13-5-3-4-12(16)9-13/h3-5,8-9,11,21H,6-7H2,1-2H3,(H2,17,18,19,22)/t11-/m0/s1. The molecule has 6 nitrogen and oxygen atoms in total. The molecule has 0 radical (unpaired) electrons. The van der Waals surface area contributed by atoms with Gasteiger partial charge in [-0.3, -0.25) is 5.32 Å². The van der Waals surface area contributed by atoms with Crippen LogP contribution < -0.4 is 10.6 Å². The SMILES string of the molecule is Cc1cc(NC(=O)NCC[C@H](C)O)nn1-c1cccc(F)c1. The van der Waals surface area contributed by atoms with E-state index in [2.05, 4.69) is 15.7 Å². The zero-order chi connectivity index (χ0) is 16.1. The lowest BCUT2D eigenvalue weighted by atomic mass is 10.3. The first-order valence-corrected chi connectivity index (χ1v) is 7.01. The molecule has 1 heterocycles. The summed E-state index contributed by atoms with van der Waals surface area (Å²) in [5.41, 5.74) is 1.35. The van der Waals surface area contributed by atoms with Crippen molar-refractivity contribution in [3.05, 3.63) is 41.8 Å². The van der Waals surface area contributed by atoms with Gasteiger partial charge in [-0.15, -0.1) is 5.10 Å². The molecule has 0 unspecified atom stereocenters. The molecule has 22 heavy (non-hydrogen) atoms. The predicted octanol–water partition coefficient (Wildman–Crippen LogP) is 2.21. The summed E-state index contributed by atoms with van der Waals surface area (Å²) < 4.78 is 14.8. The van der Waals surface area contributed by atoms with Crippen molar-refractivity contribution in [2.75, 3.05) is 11.9 Å². The number of hydrogen-bond donors (Lipinski definition) is 3. The average molecular weight is 306 g/mol. The van der Waals surface area contributed by atoms with Crippen LogP contribution in [0, 0.1) is 12.7 Å². The van der Waals surface area contributed by atoms with Crippen molar-refractivity contribution in [3.63, 3.8) is 0 Å². The molecule has 0 aliphatic heterocycles. The molecule has 2 amide bonds. The second-order valence-electron chi connectivity index (χ2n) is 5.08. The number of aliphatic hydroxyl groups is 1. The van der Waals surface area contributed by atoms with Crippen LogP contribution in [0.5, 0.6) is 0 Å². The topological polar surface area (TPSA) is 79.2 Å². The van der Waals surface area contributed by atoms with Gasteiger partial charge in [0.25, 0.3) is 0 Å². The third kappa shape index (κ3) is 4.29. The van der Waals surface area contributed by atoms with Crippen LogP contribution in [-0.2, 0) is 0 Å². The molecule has 0 saturated heterocycles. The Morgan fingerprint density at radius 1 is 1.45 bits per heavy atom. The third-order valence-corrected chi connectivity index (χ3v) is 3.03. The number of rotatable bonds is 5. The van der Waals surface area contributed by atoms with Crippen molar-refractivity contribution >= 4 is 11.8 Å². The number of aromatic nitrogens is 2. The highest BCUT2D eigenvalue weighted by Gasteiger charge is 2.09. The van der Waals surface area contributed by atoms with Gasteiger partial charge in [-0.25, -0.2) is 13.9 Å². The van der Waals surface area contributed by atoms with Crippen LogP contribution in [0.15, 0.2) is 30.3 Å². The molecule has 1 atom stereocenters. The summed E-state index contributed by atoms with van der Waals surface area (Å²) in [7, 11) is 0. The number of nitrogens with one attached hydrogen (secondary N) is 2. The summed E-state index contributed by atoms with van der Waals surface area (Å²) in [6.07, 6.45) is 0.0132. The number of halogens is 1. The van der Waals surface area contributed by atoms with Crippen molar-refractivity contribution in [2.24, 2.45) is 0 Å². The van der Waals surface area contributed by atoms with Crippen molar-refractivity contribution < 1.29 is 14.3 Å². The van der Waals surface area contributed by atoms with Crippen LogP contribution in [0.2, 0.25) is 0 Å². The van der Waals surface area contributed by atoms with Gasteiger partial charge in [0.2, 0.25) is 0 Å². The van der Waals surface area contributed by atoms with E-state index in [0.29, 0.717) is 24.5 Å². The average Bonchev–Trinajstić information content (AvgIpc) is 2.79. The molecular formula is C15H19FN4O2. The fourth-order valence-electron chi connectivity index (χ4n) is 1.96. The van der Waals surface area contributed by atoms with E-state index in [4.69, 9.17) is 5.11 Å². The van der Waals surface area contributed by atoms with E-state index in [1.54, 1.807) is 29.8 Å². The number of aliphatic hydroxyl groups excluding tert-OH is 1. The molecule has 3 N–H and O–H groups in total. The summed E-state index contributed by atoms with van der Waals surface area (Å²) in [5.74, 6) is 0.0223. The Hall–Kier alpha value is -2.41. The third-order valence-electron chi connectivity index (χ3n) is 3.03. The Bertz CT molecular complexity index is 655. The lowest BCUT2D eigenvalue weighted by molar-refractivity contribution is 0.184. The zero-order valence-corrected chi connectivity index (χ0v) is 12.5. The van der Waals surface area contributed by atoms with Crippen molar-refractivity contribution in [2.45, 2.75) is 26.4 Å². The fraction of sp³-hybridized carbons (Fsp3) is 0.333. The van der Waals surface area contributed by atoms with Crippen LogP contribution in [0.25, 0.3) is 5.69 Å². The number of hydrogen-bond acceptors (Lipinski definition) is 3.